The van der Waals surface area contributed by atoms with Gasteiger partial charge >= 0.3 is 0 Å². The molecule has 1 fully saturated rings. The smallest absolute Gasteiger partial charge is 0.118 e. The highest BCUT2D eigenvalue weighted by Gasteiger charge is 2.26. The minimum absolute atomic E-state index is 0.505. The van der Waals surface area contributed by atoms with Crippen LogP contribution >= 0.6 is 0 Å². The van der Waals surface area contributed by atoms with Crippen molar-refractivity contribution in [3.63, 3.8) is 0 Å². The van der Waals surface area contributed by atoms with Crippen molar-refractivity contribution in [1.29, 1.82) is 0 Å². The Morgan fingerprint density at radius 2 is 2.19 bits per heavy atom. The van der Waals surface area contributed by atoms with Crippen molar-refractivity contribution in [2.45, 2.75) is 58.8 Å². The van der Waals surface area contributed by atoms with Gasteiger partial charge in [-0.25, -0.2) is 0 Å². The molecular formula is C17H31N3O. The van der Waals surface area contributed by atoms with Gasteiger partial charge in [0.15, 0.2) is 0 Å². The second-order valence-corrected chi connectivity index (χ2v) is 6.86. The fourth-order valence-corrected chi connectivity index (χ4v) is 3.09. The van der Waals surface area contributed by atoms with Crippen LogP contribution in [0.25, 0.3) is 0 Å². The van der Waals surface area contributed by atoms with Gasteiger partial charge in [-0.3, -0.25) is 4.90 Å². The number of nitrogens with one attached hydrogen (secondary N) is 1. The number of nitrogens with zero attached hydrogens (tertiary/aromatic N) is 2. The van der Waals surface area contributed by atoms with Gasteiger partial charge in [0.25, 0.3) is 0 Å². The Labute approximate surface area is 129 Å². The zero-order valence-corrected chi connectivity index (χ0v) is 14.3. The van der Waals surface area contributed by atoms with E-state index in [4.69, 9.17) is 4.42 Å². The number of likely N-dealkylation sites (N-methyl/N-ethyl adjacent to an activating group) is 1. The molecule has 1 N–H and O–H groups in total. The summed E-state index contributed by atoms with van der Waals surface area (Å²) in [5.74, 6) is 2.17. The number of hydrogen-bond donors (Lipinski definition) is 1. The topological polar surface area (TPSA) is 31.7 Å². The van der Waals surface area contributed by atoms with Crippen LogP contribution in [0.1, 0.15) is 43.8 Å². The molecule has 1 unspecified atom stereocenters. The van der Waals surface area contributed by atoms with Gasteiger partial charge in [0.2, 0.25) is 0 Å². The van der Waals surface area contributed by atoms with Crippen molar-refractivity contribution in [1.82, 2.24) is 15.1 Å². The summed E-state index contributed by atoms with van der Waals surface area (Å²) >= 11 is 0. The SMILES string of the molecule is Cc1oc(CN2CCCC2CN(C)C)cc1CNC(C)C. The molecule has 120 valence electrons. The molecular weight excluding hydrogens is 262 g/mol. The van der Waals surface area contributed by atoms with E-state index in [1.807, 2.05) is 0 Å². The number of aryl methyl sites for hydroxylation is 1. The molecule has 4 heteroatoms. The van der Waals surface area contributed by atoms with Gasteiger partial charge in [-0.1, -0.05) is 13.8 Å². The monoisotopic (exact) mass is 293 g/mol. The molecule has 0 amide bonds. The lowest BCUT2D eigenvalue weighted by atomic mass is 10.2. The molecule has 1 aliphatic rings. The van der Waals surface area contributed by atoms with Crippen LogP contribution in [-0.4, -0.2) is 49.1 Å². The Bertz CT molecular complexity index is 439. The Morgan fingerprint density at radius 1 is 1.43 bits per heavy atom. The highest BCUT2D eigenvalue weighted by molar-refractivity contribution is 5.21. The highest BCUT2D eigenvalue weighted by Crippen LogP contribution is 2.23. The number of likely N-dealkylation sites (tertiary alicyclic amines) is 1. The molecule has 1 aromatic heterocycles. The van der Waals surface area contributed by atoms with Crippen molar-refractivity contribution < 1.29 is 4.42 Å². The van der Waals surface area contributed by atoms with Gasteiger partial charge < -0.3 is 14.6 Å². The van der Waals surface area contributed by atoms with Gasteiger partial charge in [-0.15, -0.1) is 0 Å². The summed E-state index contributed by atoms with van der Waals surface area (Å²) in [6.45, 7) is 10.6. The average Bonchev–Trinajstić information content (AvgIpc) is 2.94. The summed E-state index contributed by atoms with van der Waals surface area (Å²) < 4.78 is 5.97. The van der Waals surface area contributed by atoms with E-state index in [9.17, 15) is 0 Å². The van der Waals surface area contributed by atoms with E-state index in [1.165, 1.54) is 24.9 Å². The largest absolute Gasteiger partial charge is 0.465 e. The molecule has 0 aliphatic carbocycles. The summed E-state index contributed by atoms with van der Waals surface area (Å²) in [5.41, 5.74) is 1.29. The summed E-state index contributed by atoms with van der Waals surface area (Å²) in [6.07, 6.45) is 2.61. The maximum absolute atomic E-state index is 5.97. The van der Waals surface area contributed by atoms with Gasteiger partial charge in [0.1, 0.15) is 11.5 Å². The van der Waals surface area contributed by atoms with Crippen molar-refractivity contribution >= 4 is 0 Å². The Hall–Kier alpha value is -0.840. The van der Waals surface area contributed by atoms with Crippen LogP contribution in [0, 0.1) is 6.92 Å². The van der Waals surface area contributed by atoms with Gasteiger partial charge in [0.05, 0.1) is 6.54 Å². The molecule has 0 saturated carbocycles. The first kappa shape index (κ1) is 16.5. The number of hydrogen-bond acceptors (Lipinski definition) is 4. The maximum atomic E-state index is 5.97. The first-order valence-electron chi connectivity index (χ1n) is 8.16. The van der Waals surface area contributed by atoms with E-state index in [1.54, 1.807) is 0 Å². The molecule has 1 atom stereocenters. The van der Waals surface area contributed by atoms with E-state index in [0.717, 1.165) is 31.2 Å². The summed E-state index contributed by atoms with van der Waals surface area (Å²) in [5, 5.41) is 3.46. The predicted octanol–water partition coefficient (Wildman–Crippen LogP) is 2.61. The maximum Gasteiger partial charge on any atom is 0.118 e. The standard InChI is InChI=1S/C17H31N3O/c1-13(2)18-10-15-9-17(21-14(15)3)12-20-8-6-7-16(20)11-19(4)5/h9,13,16,18H,6-8,10-12H2,1-5H3. The molecule has 1 saturated heterocycles. The van der Waals surface area contributed by atoms with Crippen molar-refractivity contribution in [3.8, 4) is 0 Å². The van der Waals surface area contributed by atoms with Crippen molar-refractivity contribution in [3.05, 3.63) is 23.2 Å². The van der Waals surface area contributed by atoms with E-state index in [-0.39, 0.29) is 0 Å². The lowest BCUT2D eigenvalue weighted by molar-refractivity contribution is 0.188. The Morgan fingerprint density at radius 3 is 2.86 bits per heavy atom. The third kappa shape index (κ3) is 4.83. The number of furan rings is 1. The first-order valence-corrected chi connectivity index (χ1v) is 8.16. The highest BCUT2D eigenvalue weighted by atomic mass is 16.3. The first-order chi connectivity index (χ1) is 9.95. The van der Waals surface area contributed by atoms with Gasteiger partial charge in [-0.05, 0) is 46.5 Å². The Kier molecular flexibility index (Phi) is 5.85. The van der Waals surface area contributed by atoms with E-state index in [0.29, 0.717) is 12.1 Å². The molecule has 2 heterocycles. The van der Waals surface area contributed by atoms with Crippen molar-refractivity contribution in [2.24, 2.45) is 0 Å². The van der Waals surface area contributed by atoms with Crippen LogP contribution in [0.3, 0.4) is 0 Å². The third-order valence-corrected chi connectivity index (χ3v) is 4.21. The van der Waals surface area contributed by atoms with Crippen LogP contribution in [0.4, 0.5) is 0 Å². The van der Waals surface area contributed by atoms with E-state index in [2.05, 4.69) is 56.0 Å². The van der Waals surface area contributed by atoms with Gasteiger partial charge in [0, 0.05) is 30.7 Å². The molecule has 4 nitrogen and oxygen atoms in total. The zero-order valence-electron chi connectivity index (χ0n) is 14.3. The Balaban J connectivity index is 1.94. The normalized spacial score (nSPS) is 20.0. The number of rotatable bonds is 7. The van der Waals surface area contributed by atoms with E-state index < -0.39 is 0 Å². The summed E-state index contributed by atoms with van der Waals surface area (Å²) in [7, 11) is 4.31. The summed E-state index contributed by atoms with van der Waals surface area (Å²) in [6, 6.07) is 3.41. The van der Waals surface area contributed by atoms with Crippen molar-refractivity contribution in [2.75, 3.05) is 27.2 Å². The van der Waals surface area contributed by atoms with E-state index >= 15 is 0 Å². The fraction of sp³-hybridized carbons (Fsp3) is 0.765. The van der Waals surface area contributed by atoms with Crippen LogP contribution in [0.2, 0.25) is 0 Å². The van der Waals surface area contributed by atoms with Crippen LogP contribution in [0.15, 0.2) is 10.5 Å². The second kappa shape index (κ2) is 7.43. The quantitative estimate of drug-likeness (QED) is 0.837. The molecule has 21 heavy (non-hydrogen) atoms. The second-order valence-electron chi connectivity index (χ2n) is 6.86. The molecule has 1 aliphatic heterocycles. The minimum Gasteiger partial charge on any atom is -0.465 e. The molecule has 1 aromatic rings. The molecule has 0 radical (unpaired) electrons. The molecule has 0 spiro atoms. The molecule has 2 rings (SSSR count). The van der Waals surface area contributed by atoms with Crippen LogP contribution < -0.4 is 5.32 Å². The minimum atomic E-state index is 0.505. The predicted molar refractivity (Wildman–Crippen MR) is 87.4 cm³/mol. The van der Waals surface area contributed by atoms with Crippen LogP contribution in [0.5, 0.6) is 0 Å². The average molecular weight is 293 g/mol. The fourth-order valence-electron chi connectivity index (χ4n) is 3.09. The van der Waals surface area contributed by atoms with Crippen LogP contribution in [-0.2, 0) is 13.1 Å². The summed E-state index contributed by atoms with van der Waals surface area (Å²) in [4.78, 5) is 4.85. The molecule has 0 bridgehead atoms. The van der Waals surface area contributed by atoms with Gasteiger partial charge in [-0.2, -0.15) is 0 Å². The zero-order chi connectivity index (χ0) is 15.4. The third-order valence-electron chi connectivity index (χ3n) is 4.21. The lowest BCUT2D eigenvalue weighted by Crippen LogP contribution is -2.36. The lowest BCUT2D eigenvalue weighted by Gasteiger charge is -2.26. The molecule has 0 aromatic carbocycles.